The van der Waals surface area contributed by atoms with E-state index in [1.807, 2.05) is 54.6 Å². The van der Waals surface area contributed by atoms with Gasteiger partial charge >= 0.3 is 0 Å². The van der Waals surface area contributed by atoms with Crippen molar-refractivity contribution in [2.75, 3.05) is 0 Å². The van der Waals surface area contributed by atoms with Crippen molar-refractivity contribution < 1.29 is 13.5 Å². The van der Waals surface area contributed by atoms with E-state index in [0.717, 1.165) is 23.1 Å². The van der Waals surface area contributed by atoms with Gasteiger partial charge in [0, 0.05) is 17.8 Å². The van der Waals surface area contributed by atoms with Gasteiger partial charge in [-0.25, -0.2) is 8.78 Å². The van der Waals surface area contributed by atoms with E-state index in [1.54, 1.807) is 13.1 Å². The summed E-state index contributed by atoms with van der Waals surface area (Å²) >= 11 is 0. The van der Waals surface area contributed by atoms with Gasteiger partial charge in [0.25, 0.3) is 0 Å². The Morgan fingerprint density at radius 1 is 0.880 bits per heavy atom. The van der Waals surface area contributed by atoms with E-state index in [-0.39, 0.29) is 0 Å². The summed E-state index contributed by atoms with van der Waals surface area (Å²) in [5.74, 6) is 0.313. The zero-order valence-corrected chi connectivity index (χ0v) is 13.7. The molecule has 0 amide bonds. The monoisotopic (exact) mass is 337 g/mol. The van der Waals surface area contributed by atoms with Crippen LogP contribution in [0.25, 0.3) is 0 Å². The highest BCUT2D eigenvalue weighted by molar-refractivity contribution is 5.80. The molecule has 3 rings (SSSR count). The van der Waals surface area contributed by atoms with Crippen LogP contribution in [-0.4, -0.2) is 6.21 Å². The van der Waals surface area contributed by atoms with Gasteiger partial charge in [0.15, 0.2) is 0 Å². The molecule has 1 unspecified atom stereocenters. The summed E-state index contributed by atoms with van der Waals surface area (Å²) in [7, 11) is 0. The Labute approximate surface area is 145 Å². The molecule has 126 valence electrons. The van der Waals surface area contributed by atoms with Gasteiger partial charge in [0.2, 0.25) is 0 Å². The van der Waals surface area contributed by atoms with Crippen molar-refractivity contribution in [3.63, 3.8) is 0 Å². The molecule has 0 aromatic heterocycles. The van der Waals surface area contributed by atoms with Crippen LogP contribution < -0.4 is 4.74 Å². The Bertz CT molecular complexity index is 861. The lowest BCUT2D eigenvalue weighted by Gasteiger charge is -2.08. The Hall–Kier alpha value is -3.01. The maximum Gasteiger partial charge on any atom is 0.131 e. The number of ether oxygens (including phenoxy) is 1. The summed E-state index contributed by atoms with van der Waals surface area (Å²) in [4.78, 5) is 4.34. The average Bonchev–Trinajstić information content (AvgIpc) is 2.62. The third-order valence-corrected chi connectivity index (χ3v) is 3.72. The standard InChI is InChI=1S/C21H17F2NO/c1-15(20-12-9-17(22)13-21(20)23)24-14-16-7-10-19(11-8-16)25-18-5-3-2-4-6-18/h2-15H,1H3. The molecule has 4 heteroatoms. The van der Waals surface area contributed by atoms with E-state index in [1.165, 1.54) is 12.1 Å². The molecule has 0 aliphatic rings. The lowest BCUT2D eigenvalue weighted by molar-refractivity contribution is 0.482. The SMILES string of the molecule is CC(N=Cc1ccc(Oc2ccccc2)cc1)c1ccc(F)cc1F. The van der Waals surface area contributed by atoms with Gasteiger partial charge in [-0.1, -0.05) is 24.3 Å². The molecule has 3 aromatic rings. The van der Waals surface area contributed by atoms with E-state index in [4.69, 9.17) is 4.74 Å². The number of rotatable bonds is 5. The summed E-state index contributed by atoms with van der Waals surface area (Å²) in [5.41, 5.74) is 1.23. The van der Waals surface area contributed by atoms with Crippen molar-refractivity contribution in [2.24, 2.45) is 4.99 Å². The molecule has 3 aromatic carbocycles. The molecule has 1 atom stereocenters. The fourth-order valence-corrected chi connectivity index (χ4v) is 2.37. The zero-order chi connectivity index (χ0) is 17.6. The predicted molar refractivity (Wildman–Crippen MR) is 95.3 cm³/mol. The second-order valence-corrected chi connectivity index (χ2v) is 5.60. The molecule has 0 saturated carbocycles. The van der Waals surface area contributed by atoms with E-state index in [2.05, 4.69) is 4.99 Å². The molecule has 25 heavy (non-hydrogen) atoms. The Kier molecular flexibility index (Phi) is 5.19. The first kappa shape index (κ1) is 16.8. The minimum atomic E-state index is -0.591. The van der Waals surface area contributed by atoms with Crippen molar-refractivity contribution in [1.82, 2.24) is 0 Å². The van der Waals surface area contributed by atoms with Crippen LogP contribution in [0.3, 0.4) is 0 Å². The van der Waals surface area contributed by atoms with Crippen molar-refractivity contribution in [3.05, 3.63) is 95.6 Å². The molecule has 0 spiro atoms. The quantitative estimate of drug-likeness (QED) is 0.528. The lowest BCUT2D eigenvalue weighted by Crippen LogP contribution is -1.96. The number of hydrogen-bond acceptors (Lipinski definition) is 2. The first-order valence-corrected chi connectivity index (χ1v) is 7.93. The predicted octanol–water partition coefficient (Wildman–Crippen LogP) is 5.94. The average molecular weight is 337 g/mol. The van der Waals surface area contributed by atoms with E-state index < -0.39 is 17.7 Å². The first-order valence-electron chi connectivity index (χ1n) is 7.93. The third-order valence-electron chi connectivity index (χ3n) is 3.72. The maximum atomic E-state index is 13.8. The van der Waals surface area contributed by atoms with Gasteiger partial charge in [0.05, 0.1) is 6.04 Å². The molecule has 0 radical (unpaired) electrons. The third kappa shape index (κ3) is 4.51. The highest BCUT2D eigenvalue weighted by Gasteiger charge is 2.09. The maximum absolute atomic E-state index is 13.8. The molecule has 2 nitrogen and oxygen atoms in total. The minimum Gasteiger partial charge on any atom is -0.457 e. The van der Waals surface area contributed by atoms with E-state index in [0.29, 0.717) is 5.56 Å². The van der Waals surface area contributed by atoms with E-state index in [9.17, 15) is 8.78 Å². The molecule has 0 bridgehead atoms. The van der Waals surface area contributed by atoms with Gasteiger partial charge in [-0.2, -0.15) is 0 Å². The van der Waals surface area contributed by atoms with Gasteiger partial charge < -0.3 is 4.74 Å². The van der Waals surface area contributed by atoms with Gasteiger partial charge in [-0.05, 0) is 55.0 Å². The molecule has 0 saturated heterocycles. The van der Waals surface area contributed by atoms with Crippen LogP contribution in [0.4, 0.5) is 8.78 Å². The largest absolute Gasteiger partial charge is 0.457 e. The lowest BCUT2D eigenvalue weighted by atomic mass is 10.1. The highest BCUT2D eigenvalue weighted by Crippen LogP contribution is 2.22. The van der Waals surface area contributed by atoms with Crippen LogP contribution in [0.15, 0.2) is 77.8 Å². The van der Waals surface area contributed by atoms with Crippen LogP contribution in [-0.2, 0) is 0 Å². The van der Waals surface area contributed by atoms with Crippen molar-refractivity contribution in [2.45, 2.75) is 13.0 Å². The summed E-state index contributed by atoms with van der Waals surface area (Å²) in [6.45, 7) is 1.76. The second-order valence-electron chi connectivity index (χ2n) is 5.60. The molecular weight excluding hydrogens is 320 g/mol. The smallest absolute Gasteiger partial charge is 0.131 e. The highest BCUT2D eigenvalue weighted by atomic mass is 19.1. The fraction of sp³-hybridized carbons (Fsp3) is 0.0952. The number of para-hydroxylation sites is 1. The number of benzene rings is 3. The van der Waals surface area contributed by atoms with E-state index >= 15 is 0 Å². The van der Waals surface area contributed by atoms with Crippen molar-refractivity contribution in [3.8, 4) is 11.5 Å². The Balaban J connectivity index is 1.67. The topological polar surface area (TPSA) is 21.6 Å². The minimum absolute atomic E-state index is 0.363. The first-order chi connectivity index (χ1) is 12.1. The molecule has 0 heterocycles. The molecule has 0 N–H and O–H groups in total. The number of hydrogen-bond donors (Lipinski definition) is 0. The molecule has 0 aliphatic carbocycles. The zero-order valence-electron chi connectivity index (χ0n) is 13.7. The summed E-state index contributed by atoms with van der Waals surface area (Å²) in [6, 6.07) is 20.1. The van der Waals surface area contributed by atoms with Crippen molar-refractivity contribution in [1.29, 1.82) is 0 Å². The second kappa shape index (κ2) is 7.71. The normalized spacial score (nSPS) is 12.3. The fourth-order valence-electron chi connectivity index (χ4n) is 2.37. The number of aliphatic imine (C=N–C) groups is 1. The van der Waals surface area contributed by atoms with Crippen LogP contribution in [0, 0.1) is 11.6 Å². The van der Waals surface area contributed by atoms with Crippen LogP contribution in [0.1, 0.15) is 24.1 Å². The van der Waals surface area contributed by atoms with Crippen LogP contribution in [0.2, 0.25) is 0 Å². The van der Waals surface area contributed by atoms with Crippen molar-refractivity contribution >= 4 is 6.21 Å². The number of halogens is 2. The Morgan fingerprint density at radius 3 is 2.24 bits per heavy atom. The summed E-state index contributed by atoms with van der Waals surface area (Å²) in [6.07, 6.45) is 1.67. The van der Waals surface area contributed by atoms with Gasteiger partial charge in [-0.3, -0.25) is 4.99 Å². The Morgan fingerprint density at radius 2 is 1.56 bits per heavy atom. The molecule has 0 fully saturated rings. The summed E-state index contributed by atoms with van der Waals surface area (Å²) in [5, 5.41) is 0. The molecule has 0 aliphatic heterocycles. The number of nitrogens with zero attached hydrogens (tertiary/aromatic N) is 1. The molecular formula is C21H17F2NO. The van der Waals surface area contributed by atoms with Crippen LogP contribution >= 0.6 is 0 Å². The van der Waals surface area contributed by atoms with Crippen LogP contribution in [0.5, 0.6) is 11.5 Å². The van der Waals surface area contributed by atoms with Gasteiger partial charge in [0.1, 0.15) is 23.1 Å². The summed E-state index contributed by atoms with van der Waals surface area (Å²) < 4.78 is 32.4. The van der Waals surface area contributed by atoms with Gasteiger partial charge in [-0.15, -0.1) is 0 Å².